The Morgan fingerprint density at radius 1 is 0.944 bits per heavy atom. The molecule has 1 unspecified atom stereocenters. The second-order valence-electron chi connectivity index (χ2n) is 3.70. The maximum Gasteiger partial charge on any atom is 0.141 e. The predicted octanol–water partition coefficient (Wildman–Crippen LogP) is 6.27. The van der Waals surface area contributed by atoms with Crippen LogP contribution in [0.2, 0.25) is 15.1 Å². The molecule has 0 amide bonds. The fourth-order valence-electron chi connectivity index (χ4n) is 1.56. The smallest absolute Gasteiger partial charge is 0.141 e. The summed E-state index contributed by atoms with van der Waals surface area (Å²) in [6.07, 6.45) is 0. The van der Waals surface area contributed by atoms with E-state index in [2.05, 4.69) is 15.9 Å². The fraction of sp³-hybridized carbons (Fsp3) is 0.0769. The molecular formula is C13H7BrCl3F. The zero-order valence-corrected chi connectivity index (χ0v) is 12.8. The summed E-state index contributed by atoms with van der Waals surface area (Å²) in [4.78, 5) is -0.166. The Morgan fingerprint density at radius 3 is 2.28 bits per heavy atom. The molecule has 18 heavy (non-hydrogen) atoms. The van der Waals surface area contributed by atoms with Crippen molar-refractivity contribution >= 4 is 50.7 Å². The molecule has 0 nitrogen and oxygen atoms in total. The van der Waals surface area contributed by atoms with Crippen molar-refractivity contribution in [2.45, 2.75) is 4.83 Å². The highest BCUT2D eigenvalue weighted by atomic mass is 79.9. The molecule has 2 aromatic carbocycles. The monoisotopic (exact) mass is 366 g/mol. The second kappa shape index (κ2) is 5.79. The Balaban J connectivity index is 2.41. The normalized spacial score (nSPS) is 12.5. The Bertz CT molecular complexity index is 586. The minimum absolute atomic E-state index is 0.0852. The Kier molecular flexibility index (Phi) is 4.54. The summed E-state index contributed by atoms with van der Waals surface area (Å²) >= 11 is 21.2. The van der Waals surface area contributed by atoms with Gasteiger partial charge in [-0.15, -0.1) is 0 Å². The lowest BCUT2D eigenvalue weighted by atomic mass is 10.0. The van der Waals surface area contributed by atoms with Crippen molar-refractivity contribution < 1.29 is 4.39 Å². The average molecular weight is 368 g/mol. The fourth-order valence-corrected chi connectivity index (χ4v) is 3.08. The first kappa shape index (κ1) is 14.1. The van der Waals surface area contributed by atoms with Gasteiger partial charge in [-0.25, -0.2) is 4.39 Å². The molecule has 0 heterocycles. The minimum atomic E-state index is -0.442. The molecule has 0 radical (unpaired) electrons. The zero-order chi connectivity index (χ0) is 13.3. The van der Waals surface area contributed by atoms with Gasteiger partial charge in [0.1, 0.15) is 5.82 Å². The highest BCUT2D eigenvalue weighted by Crippen LogP contribution is 2.37. The van der Waals surface area contributed by atoms with Gasteiger partial charge in [-0.3, -0.25) is 0 Å². The van der Waals surface area contributed by atoms with Gasteiger partial charge in [0.2, 0.25) is 0 Å². The van der Waals surface area contributed by atoms with Gasteiger partial charge < -0.3 is 0 Å². The molecule has 5 heteroatoms. The lowest BCUT2D eigenvalue weighted by Gasteiger charge is -2.13. The van der Waals surface area contributed by atoms with Crippen molar-refractivity contribution in [2.24, 2.45) is 0 Å². The van der Waals surface area contributed by atoms with E-state index in [1.807, 2.05) is 6.07 Å². The van der Waals surface area contributed by atoms with E-state index in [0.717, 1.165) is 11.1 Å². The molecule has 0 aliphatic rings. The molecule has 2 rings (SSSR count). The van der Waals surface area contributed by atoms with Crippen molar-refractivity contribution in [3.05, 3.63) is 68.4 Å². The van der Waals surface area contributed by atoms with Crippen molar-refractivity contribution in [3.63, 3.8) is 0 Å². The maximum atomic E-state index is 13.1. The number of hydrogen-bond donors (Lipinski definition) is 0. The van der Waals surface area contributed by atoms with E-state index in [-0.39, 0.29) is 9.85 Å². The van der Waals surface area contributed by atoms with E-state index in [0.29, 0.717) is 10.0 Å². The van der Waals surface area contributed by atoms with Crippen LogP contribution in [0.3, 0.4) is 0 Å². The van der Waals surface area contributed by atoms with E-state index in [9.17, 15) is 4.39 Å². The SMILES string of the molecule is Fc1ccc(C(Br)c2ccc(Cl)cc2Cl)cc1Cl. The molecule has 0 N–H and O–H groups in total. The van der Waals surface area contributed by atoms with Gasteiger partial charge in [0.15, 0.2) is 0 Å². The van der Waals surface area contributed by atoms with Gasteiger partial charge >= 0.3 is 0 Å². The lowest BCUT2D eigenvalue weighted by Crippen LogP contribution is -1.94. The lowest BCUT2D eigenvalue weighted by molar-refractivity contribution is 0.627. The van der Waals surface area contributed by atoms with Crippen molar-refractivity contribution in [1.29, 1.82) is 0 Å². The molecule has 1 atom stereocenters. The second-order valence-corrected chi connectivity index (χ2v) is 5.87. The van der Waals surface area contributed by atoms with Crippen molar-refractivity contribution in [1.82, 2.24) is 0 Å². The number of halogens is 5. The molecule has 0 bridgehead atoms. The van der Waals surface area contributed by atoms with Crippen LogP contribution >= 0.6 is 50.7 Å². The summed E-state index contributed by atoms with van der Waals surface area (Å²) in [6.45, 7) is 0. The molecular weight excluding hydrogens is 361 g/mol. The topological polar surface area (TPSA) is 0 Å². The van der Waals surface area contributed by atoms with Crippen LogP contribution in [0.25, 0.3) is 0 Å². The summed E-state index contributed by atoms with van der Waals surface area (Å²) in [5.41, 5.74) is 1.68. The Morgan fingerprint density at radius 2 is 1.67 bits per heavy atom. The molecule has 0 saturated carbocycles. The van der Waals surface area contributed by atoms with Gasteiger partial charge in [-0.05, 0) is 35.4 Å². The molecule has 0 aromatic heterocycles. The highest BCUT2D eigenvalue weighted by Gasteiger charge is 2.15. The summed E-state index contributed by atoms with van der Waals surface area (Å²) < 4.78 is 13.1. The minimum Gasteiger partial charge on any atom is -0.205 e. The molecule has 2 aromatic rings. The van der Waals surface area contributed by atoms with E-state index in [1.54, 1.807) is 24.3 Å². The number of benzene rings is 2. The molecule has 0 aliphatic carbocycles. The third-order valence-electron chi connectivity index (χ3n) is 2.47. The van der Waals surface area contributed by atoms with E-state index < -0.39 is 5.82 Å². The van der Waals surface area contributed by atoms with Crippen LogP contribution in [-0.2, 0) is 0 Å². The van der Waals surface area contributed by atoms with E-state index >= 15 is 0 Å². The van der Waals surface area contributed by atoms with Crippen LogP contribution in [0.4, 0.5) is 4.39 Å². The van der Waals surface area contributed by atoms with E-state index in [4.69, 9.17) is 34.8 Å². The zero-order valence-electron chi connectivity index (χ0n) is 8.93. The van der Waals surface area contributed by atoms with Gasteiger partial charge in [-0.2, -0.15) is 0 Å². The van der Waals surface area contributed by atoms with Gasteiger partial charge in [0.25, 0.3) is 0 Å². The number of alkyl halides is 1. The maximum absolute atomic E-state index is 13.1. The van der Waals surface area contributed by atoms with Crippen molar-refractivity contribution in [2.75, 3.05) is 0 Å². The summed E-state index contributed by atoms with van der Waals surface area (Å²) in [6, 6.07) is 9.80. The van der Waals surface area contributed by atoms with Crippen LogP contribution in [0.15, 0.2) is 36.4 Å². The predicted molar refractivity (Wildman–Crippen MR) is 78.6 cm³/mol. The summed E-state index contributed by atoms with van der Waals surface area (Å²) in [5, 5.41) is 1.20. The third kappa shape index (κ3) is 3.00. The van der Waals surface area contributed by atoms with Crippen LogP contribution < -0.4 is 0 Å². The largest absolute Gasteiger partial charge is 0.205 e. The van der Waals surface area contributed by atoms with E-state index in [1.165, 1.54) is 6.07 Å². The molecule has 0 spiro atoms. The third-order valence-corrected chi connectivity index (χ3v) is 4.35. The molecule has 94 valence electrons. The Labute approximate surface area is 128 Å². The number of hydrogen-bond acceptors (Lipinski definition) is 0. The van der Waals surface area contributed by atoms with Crippen LogP contribution in [0.1, 0.15) is 16.0 Å². The summed E-state index contributed by atoms with van der Waals surface area (Å²) in [7, 11) is 0. The quantitative estimate of drug-likeness (QED) is 0.548. The van der Waals surface area contributed by atoms with Crippen LogP contribution in [0.5, 0.6) is 0 Å². The first-order valence-corrected chi connectivity index (χ1v) is 7.08. The standard InChI is InChI=1S/C13H7BrCl3F/c14-13(7-1-4-12(18)11(17)5-7)9-3-2-8(15)6-10(9)16/h1-6,13H. The molecule has 0 fully saturated rings. The van der Waals surface area contributed by atoms with Crippen LogP contribution in [-0.4, -0.2) is 0 Å². The number of rotatable bonds is 2. The van der Waals surface area contributed by atoms with Gasteiger partial charge in [-0.1, -0.05) is 62.9 Å². The highest BCUT2D eigenvalue weighted by molar-refractivity contribution is 9.09. The van der Waals surface area contributed by atoms with Gasteiger partial charge in [0, 0.05) is 10.0 Å². The average Bonchev–Trinajstić information content (AvgIpc) is 2.32. The first-order valence-electron chi connectivity index (χ1n) is 5.03. The molecule has 0 saturated heterocycles. The van der Waals surface area contributed by atoms with Crippen LogP contribution in [0, 0.1) is 5.82 Å². The van der Waals surface area contributed by atoms with Gasteiger partial charge in [0.05, 0.1) is 9.85 Å². The summed E-state index contributed by atoms with van der Waals surface area (Å²) in [5.74, 6) is -0.442. The Hall–Kier alpha value is -0.280. The first-order chi connectivity index (χ1) is 8.49. The van der Waals surface area contributed by atoms with Crippen molar-refractivity contribution in [3.8, 4) is 0 Å². The molecule has 0 aliphatic heterocycles.